The summed E-state index contributed by atoms with van der Waals surface area (Å²) in [5.41, 5.74) is 6.65. The van der Waals surface area contributed by atoms with Gasteiger partial charge < -0.3 is 15.2 Å². The number of nitrogens with zero attached hydrogens (tertiary/aromatic N) is 1. The molecule has 19 heavy (non-hydrogen) atoms. The average molecular weight is 278 g/mol. The number of benzene rings is 1. The molecule has 0 aliphatic carbocycles. The summed E-state index contributed by atoms with van der Waals surface area (Å²) in [5.74, 6) is 0.884. The van der Waals surface area contributed by atoms with E-state index in [1.54, 1.807) is 18.4 Å². The van der Waals surface area contributed by atoms with Gasteiger partial charge in [-0.25, -0.2) is 4.98 Å². The van der Waals surface area contributed by atoms with Crippen LogP contribution < -0.4 is 10.5 Å². The lowest BCUT2D eigenvalue weighted by Gasteiger charge is -2.03. The first-order chi connectivity index (χ1) is 9.33. The second-order valence-electron chi connectivity index (χ2n) is 4.03. The highest BCUT2D eigenvalue weighted by atomic mass is 32.1. The second-order valence-corrected chi connectivity index (χ2v) is 5.19. The molecule has 2 N–H and O–H groups in total. The van der Waals surface area contributed by atoms with Crippen molar-refractivity contribution in [2.24, 2.45) is 5.73 Å². The summed E-state index contributed by atoms with van der Waals surface area (Å²) in [6.07, 6.45) is 0.788. The summed E-state index contributed by atoms with van der Waals surface area (Å²) in [6.45, 7) is 1.65. The maximum Gasteiger partial charge on any atom is 0.119 e. The minimum Gasteiger partial charge on any atom is -0.493 e. The lowest BCUT2D eigenvalue weighted by molar-refractivity contribution is 0.181. The molecule has 0 unspecified atom stereocenters. The number of nitrogens with two attached hydrogens (primary N) is 1. The Balaban J connectivity index is 1.89. The molecule has 0 atom stereocenters. The standard InChI is InChI=1S/C14H18N2O2S/c1-17-10-12-13(9-15)19-14(16-12)7-8-18-11-5-3-2-4-6-11/h2-6H,7-10,15H2,1H3. The molecule has 1 aromatic carbocycles. The molecule has 0 bridgehead atoms. The van der Waals surface area contributed by atoms with Crippen LogP contribution in [-0.2, 0) is 24.3 Å². The van der Waals surface area contributed by atoms with Gasteiger partial charge in [0.15, 0.2) is 0 Å². The van der Waals surface area contributed by atoms with Crippen molar-refractivity contribution >= 4 is 11.3 Å². The van der Waals surface area contributed by atoms with E-state index in [1.807, 2.05) is 30.3 Å². The molecule has 0 fully saturated rings. The van der Waals surface area contributed by atoms with Crippen LogP contribution in [0.5, 0.6) is 5.75 Å². The fraction of sp³-hybridized carbons (Fsp3) is 0.357. The van der Waals surface area contributed by atoms with Crippen molar-refractivity contribution in [3.05, 3.63) is 45.9 Å². The number of ether oxygens (including phenoxy) is 2. The lowest BCUT2D eigenvalue weighted by atomic mass is 10.3. The van der Waals surface area contributed by atoms with Crippen molar-refractivity contribution in [2.45, 2.75) is 19.6 Å². The Morgan fingerprint density at radius 2 is 2.05 bits per heavy atom. The Morgan fingerprint density at radius 3 is 2.74 bits per heavy atom. The van der Waals surface area contributed by atoms with Gasteiger partial charge in [-0.1, -0.05) is 18.2 Å². The van der Waals surface area contributed by atoms with Gasteiger partial charge in [-0.05, 0) is 12.1 Å². The Kier molecular flexibility index (Phi) is 5.32. The molecular formula is C14H18N2O2S. The minimum atomic E-state index is 0.510. The zero-order valence-corrected chi connectivity index (χ0v) is 11.8. The molecule has 102 valence electrons. The van der Waals surface area contributed by atoms with Crippen LogP contribution in [0, 0.1) is 0 Å². The van der Waals surface area contributed by atoms with Gasteiger partial charge in [-0.15, -0.1) is 11.3 Å². The Bertz CT molecular complexity index is 499. The molecule has 5 heteroatoms. The van der Waals surface area contributed by atoms with Crippen molar-refractivity contribution in [3.63, 3.8) is 0 Å². The molecule has 4 nitrogen and oxygen atoms in total. The van der Waals surface area contributed by atoms with Gasteiger partial charge in [0.25, 0.3) is 0 Å². The van der Waals surface area contributed by atoms with E-state index in [0.29, 0.717) is 19.8 Å². The average Bonchev–Trinajstić information content (AvgIpc) is 2.83. The van der Waals surface area contributed by atoms with Crippen LogP contribution in [0.2, 0.25) is 0 Å². The van der Waals surface area contributed by atoms with Crippen molar-refractivity contribution in [1.82, 2.24) is 4.98 Å². The molecule has 1 aromatic heterocycles. The van der Waals surface area contributed by atoms with E-state index in [-0.39, 0.29) is 0 Å². The normalized spacial score (nSPS) is 10.6. The van der Waals surface area contributed by atoms with E-state index < -0.39 is 0 Å². The first kappa shape index (κ1) is 14.0. The first-order valence-corrected chi connectivity index (χ1v) is 6.99. The van der Waals surface area contributed by atoms with Crippen LogP contribution >= 0.6 is 11.3 Å². The number of hydrogen-bond acceptors (Lipinski definition) is 5. The first-order valence-electron chi connectivity index (χ1n) is 6.17. The molecule has 0 amide bonds. The summed E-state index contributed by atoms with van der Waals surface area (Å²) in [6, 6.07) is 9.79. The van der Waals surface area contributed by atoms with E-state index in [2.05, 4.69) is 4.98 Å². The Morgan fingerprint density at radius 1 is 1.26 bits per heavy atom. The number of thiazole rings is 1. The molecular weight excluding hydrogens is 260 g/mol. The third kappa shape index (κ3) is 4.02. The van der Waals surface area contributed by atoms with Gasteiger partial charge in [0.05, 0.1) is 23.9 Å². The molecule has 1 heterocycles. The number of hydrogen-bond donors (Lipinski definition) is 1. The SMILES string of the molecule is COCc1nc(CCOc2ccccc2)sc1CN. The monoisotopic (exact) mass is 278 g/mol. The van der Waals surface area contributed by atoms with Crippen molar-refractivity contribution in [2.75, 3.05) is 13.7 Å². The van der Waals surface area contributed by atoms with E-state index >= 15 is 0 Å². The van der Waals surface area contributed by atoms with Gasteiger partial charge in [0, 0.05) is 25.0 Å². The fourth-order valence-electron chi connectivity index (χ4n) is 1.73. The van der Waals surface area contributed by atoms with Crippen LogP contribution in [0.3, 0.4) is 0 Å². The van der Waals surface area contributed by atoms with Crippen LogP contribution in [0.1, 0.15) is 15.6 Å². The highest BCUT2D eigenvalue weighted by Gasteiger charge is 2.09. The predicted octanol–water partition coefficient (Wildman–Crippen LogP) is 2.37. The molecule has 0 saturated carbocycles. The smallest absolute Gasteiger partial charge is 0.119 e. The Hall–Kier alpha value is -1.43. The zero-order valence-electron chi connectivity index (χ0n) is 11.0. The quantitative estimate of drug-likeness (QED) is 0.844. The molecule has 0 spiro atoms. The molecule has 2 aromatic rings. The highest BCUT2D eigenvalue weighted by molar-refractivity contribution is 7.11. The largest absolute Gasteiger partial charge is 0.493 e. The minimum absolute atomic E-state index is 0.510. The third-order valence-electron chi connectivity index (χ3n) is 2.62. The fourth-order valence-corrected chi connectivity index (χ4v) is 2.66. The van der Waals surface area contributed by atoms with E-state index in [1.165, 1.54) is 0 Å². The van der Waals surface area contributed by atoms with E-state index in [0.717, 1.165) is 27.7 Å². The summed E-state index contributed by atoms with van der Waals surface area (Å²) >= 11 is 1.64. The van der Waals surface area contributed by atoms with Gasteiger partial charge >= 0.3 is 0 Å². The van der Waals surface area contributed by atoms with Crippen LogP contribution in [0.15, 0.2) is 30.3 Å². The lowest BCUT2D eigenvalue weighted by Crippen LogP contribution is -2.01. The van der Waals surface area contributed by atoms with Crippen LogP contribution in [0.25, 0.3) is 0 Å². The van der Waals surface area contributed by atoms with Gasteiger partial charge in [-0.3, -0.25) is 0 Å². The van der Waals surface area contributed by atoms with E-state index in [4.69, 9.17) is 15.2 Å². The number of rotatable bonds is 7. The van der Waals surface area contributed by atoms with Crippen LogP contribution in [-0.4, -0.2) is 18.7 Å². The molecule has 0 aliphatic rings. The molecule has 2 rings (SSSR count). The van der Waals surface area contributed by atoms with Crippen LogP contribution in [0.4, 0.5) is 0 Å². The zero-order chi connectivity index (χ0) is 13.5. The summed E-state index contributed by atoms with van der Waals surface area (Å²) in [5, 5.41) is 1.04. The van der Waals surface area contributed by atoms with Gasteiger partial charge in [0.1, 0.15) is 5.75 Å². The third-order valence-corrected chi connectivity index (χ3v) is 3.80. The Labute approximate surface area is 117 Å². The van der Waals surface area contributed by atoms with Gasteiger partial charge in [-0.2, -0.15) is 0 Å². The summed E-state index contributed by atoms with van der Waals surface area (Å²) < 4.78 is 10.8. The van der Waals surface area contributed by atoms with Gasteiger partial charge in [0.2, 0.25) is 0 Å². The predicted molar refractivity (Wildman–Crippen MR) is 76.4 cm³/mol. The number of para-hydroxylation sites is 1. The molecule has 0 saturated heterocycles. The number of aromatic nitrogens is 1. The summed E-state index contributed by atoms with van der Waals surface area (Å²) in [4.78, 5) is 5.63. The summed E-state index contributed by atoms with van der Waals surface area (Å²) in [7, 11) is 1.66. The van der Waals surface area contributed by atoms with Crippen molar-refractivity contribution in [1.29, 1.82) is 0 Å². The second kappa shape index (κ2) is 7.23. The topological polar surface area (TPSA) is 57.4 Å². The van der Waals surface area contributed by atoms with Crippen molar-refractivity contribution in [3.8, 4) is 5.75 Å². The maximum atomic E-state index is 5.70. The molecule has 0 aliphatic heterocycles. The molecule has 0 radical (unpaired) electrons. The highest BCUT2D eigenvalue weighted by Crippen LogP contribution is 2.19. The van der Waals surface area contributed by atoms with Crippen molar-refractivity contribution < 1.29 is 9.47 Å². The maximum absolute atomic E-state index is 5.70. The van der Waals surface area contributed by atoms with E-state index in [9.17, 15) is 0 Å². The number of methoxy groups -OCH3 is 1.